The Morgan fingerprint density at radius 1 is 1.88 bits per heavy atom. The van der Waals surface area contributed by atoms with E-state index in [9.17, 15) is 0 Å². The zero-order chi connectivity index (χ0) is 5.98. The van der Waals surface area contributed by atoms with Gasteiger partial charge in [0.25, 0.3) is 0 Å². The molecule has 1 saturated heterocycles. The van der Waals surface area contributed by atoms with E-state index in [2.05, 4.69) is 12.6 Å². The second-order valence-electron chi connectivity index (χ2n) is 1.48. The molecule has 0 aromatic heterocycles. The average molecular weight is 182 g/mol. The van der Waals surface area contributed by atoms with Gasteiger partial charge in [0.15, 0.2) is 0 Å². The van der Waals surface area contributed by atoms with Crippen molar-refractivity contribution in [2.45, 2.75) is 5.25 Å². The Kier molecular flexibility index (Phi) is 3.03. The minimum atomic E-state index is 0.677. The molecule has 0 aliphatic carbocycles. The Morgan fingerprint density at radius 2 is 2.62 bits per heavy atom. The molecule has 1 fully saturated rings. The molecule has 0 nitrogen and oxygen atoms in total. The molecule has 4 heteroatoms. The zero-order valence-electron chi connectivity index (χ0n) is 4.16. The first-order valence-corrected chi connectivity index (χ1v) is 5.18. The molecule has 1 rings (SSSR count). The van der Waals surface area contributed by atoms with Gasteiger partial charge in [0.2, 0.25) is 0 Å². The fraction of sp³-hybridized carbons (Fsp3) is 0.750. The molecule has 1 atom stereocenters. The maximum absolute atomic E-state index is 4.95. The van der Waals surface area contributed by atoms with Gasteiger partial charge < -0.3 is 0 Å². The van der Waals surface area contributed by atoms with Crippen molar-refractivity contribution in [1.82, 2.24) is 0 Å². The van der Waals surface area contributed by atoms with Crippen molar-refractivity contribution >= 4 is 51.9 Å². The van der Waals surface area contributed by atoms with E-state index < -0.39 is 0 Å². The first-order valence-electron chi connectivity index (χ1n) is 2.27. The van der Waals surface area contributed by atoms with Crippen LogP contribution in [0.1, 0.15) is 0 Å². The topological polar surface area (TPSA) is 0 Å². The van der Waals surface area contributed by atoms with Crippen LogP contribution in [-0.4, -0.2) is 20.3 Å². The molecule has 0 spiro atoms. The molecule has 0 N–H and O–H groups in total. The SMILES string of the molecule is S=C1SCC(CS)S1. The summed E-state index contributed by atoms with van der Waals surface area (Å²) in [4.78, 5) is 0. The Hall–Kier alpha value is 1.14. The highest BCUT2D eigenvalue weighted by molar-refractivity contribution is 8.49. The lowest BCUT2D eigenvalue weighted by molar-refractivity contribution is 1.17. The first-order chi connectivity index (χ1) is 3.83. The molecule has 1 unspecified atom stereocenters. The molecule has 0 saturated carbocycles. The Labute approximate surface area is 68.6 Å². The number of thioether (sulfide) groups is 2. The number of rotatable bonds is 1. The van der Waals surface area contributed by atoms with Crippen LogP contribution < -0.4 is 0 Å². The molecule has 1 heterocycles. The Bertz CT molecular complexity index is 100. The van der Waals surface area contributed by atoms with E-state index in [1.165, 1.54) is 0 Å². The van der Waals surface area contributed by atoms with Crippen molar-refractivity contribution in [3.05, 3.63) is 0 Å². The lowest BCUT2D eigenvalue weighted by Crippen LogP contribution is -2.00. The van der Waals surface area contributed by atoms with Crippen molar-refractivity contribution in [2.24, 2.45) is 0 Å². The van der Waals surface area contributed by atoms with Crippen LogP contribution in [0.25, 0.3) is 0 Å². The number of hydrogen-bond acceptors (Lipinski definition) is 4. The molecule has 8 heavy (non-hydrogen) atoms. The van der Waals surface area contributed by atoms with E-state index in [1.54, 1.807) is 23.5 Å². The van der Waals surface area contributed by atoms with E-state index in [-0.39, 0.29) is 0 Å². The van der Waals surface area contributed by atoms with E-state index in [0.29, 0.717) is 5.25 Å². The van der Waals surface area contributed by atoms with Crippen molar-refractivity contribution < 1.29 is 0 Å². The molecule has 1 aliphatic rings. The van der Waals surface area contributed by atoms with E-state index >= 15 is 0 Å². The number of thiol groups is 1. The largest absolute Gasteiger partial charge is 0.178 e. The molecule has 0 aromatic carbocycles. The van der Waals surface area contributed by atoms with Crippen LogP contribution in [0.15, 0.2) is 0 Å². The summed E-state index contributed by atoms with van der Waals surface area (Å²) in [6.45, 7) is 0. The maximum Gasteiger partial charge on any atom is 0.104 e. The minimum absolute atomic E-state index is 0.677. The zero-order valence-corrected chi connectivity index (χ0v) is 7.51. The van der Waals surface area contributed by atoms with Crippen LogP contribution in [0, 0.1) is 0 Å². The third-order valence-corrected chi connectivity index (χ3v) is 4.70. The minimum Gasteiger partial charge on any atom is -0.178 e. The summed E-state index contributed by atoms with van der Waals surface area (Å²) >= 11 is 12.7. The van der Waals surface area contributed by atoms with Crippen LogP contribution in [0.4, 0.5) is 0 Å². The van der Waals surface area contributed by atoms with Crippen molar-refractivity contribution in [3.63, 3.8) is 0 Å². The van der Waals surface area contributed by atoms with Crippen molar-refractivity contribution in [2.75, 3.05) is 11.5 Å². The highest BCUT2D eigenvalue weighted by atomic mass is 32.2. The third kappa shape index (κ3) is 1.83. The normalized spacial score (nSPS) is 29.1. The first kappa shape index (κ1) is 7.25. The summed E-state index contributed by atoms with van der Waals surface area (Å²) in [5, 5.41) is 0.677. The Morgan fingerprint density at radius 3 is 2.88 bits per heavy atom. The van der Waals surface area contributed by atoms with Gasteiger partial charge in [-0.15, -0.1) is 23.5 Å². The van der Waals surface area contributed by atoms with Crippen LogP contribution in [0.5, 0.6) is 0 Å². The van der Waals surface area contributed by atoms with Gasteiger partial charge in [0.05, 0.1) is 0 Å². The van der Waals surface area contributed by atoms with Gasteiger partial charge in [-0.1, -0.05) is 12.2 Å². The van der Waals surface area contributed by atoms with Crippen LogP contribution >= 0.6 is 48.4 Å². The van der Waals surface area contributed by atoms with E-state index in [4.69, 9.17) is 12.2 Å². The quantitative estimate of drug-likeness (QED) is 0.487. The van der Waals surface area contributed by atoms with Gasteiger partial charge in [-0.3, -0.25) is 0 Å². The molecule has 1 aliphatic heterocycles. The van der Waals surface area contributed by atoms with Gasteiger partial charge in [0.1, 0.15) is 3.53 Å². The second-order valence-corrected chi connectivity index (χ2v) is 5.37. The predicted molar refractivity (Wildman–Crippen MR) is 50.3 cm³/mol. The summed E-state index contributed by atoms with van der Waals surface area (Å²) in [6.07, 6.45) is 0. The lowest BCUT2D eigenvalue weighted by atomic mass is 10.6. The Balaban J connectivity index is 2.32. The molecule has 0 aromatic rings. The van der Waals surface area contributed by atoms with Crippen molar-refractivity contribution in [1.29, 1.82) is 0 Å². The molecule has 46 valence electrons. The average Bonchev–Trinajstić information content (AvgIpc) is 2.14. The standard InChI is InChI=1S/C4H6S4/c5-1-3-2-7-4(6)8-3/h3,5H,1-2H2. The van der Waals surface area contributed by atoms with Crippen LogP contribution in [0.2, 0.25) is 0 Å². The van der Waals surface area contributed by atoms with Gasteiger partial charge in [-0.05, 0) is 0 Å². The molecular formula is C4H6S4. The van der Waals surface area contributed by atoms with Crippen molar-refractivity contribution in [3.8, 4) is 0 Å². The highest BCUT2D eigenvalue weighted by Crippen LogP contribution is 2.33. The smallest absolute Gasteiger partial charge is 0.104 e. The van der Waals surface area contributed by atoms with Gasteiger partial charge in [-0.25, -0.2) is 0 Å². The highest BCUT2D eigenvalue weighted by Gasteiger charge is 2.18. The molecule has 0 amide bonds. The fourth-order valence-electron chi connectivity index (χ4n) is 0.455. The van der Waals surface area contributed by atoms with E-state index in [0.717, 1.165) is 15.0 Å². The molecular weight excluding hydrogens is 176 g/mol. The van der Waals surface area contributed by atoms with Crippen LogP contribution in [0.3, 0.4) is 0 Å². The third-order valence-electron chi connectivity index (χ3n) is 0.854. The summed E-state index contributed by atoms with van der Waals surface area (Å²) < 4.78 is 1.09. The van der Waals surface area contributed by atoms with Gasteiger partial charge in [-0.2, -0.15) is 12.6 Å². The molecule has 0 bridgehead atoms. The van der Waals surface area contributed by atoms with Gasteiger partial charge >= 0.3 is 0 Å². The second kappa shape index (κ2) is 3.34. The van der Waals surface area contributed by atoms with Gasteiger partial charge in [0, 0.05) is 16.8 Å². The summed E-state index contributed by atoms with van der Waals surface area (Å²) in [6, 6.07) is 0. The molecule has 0 radical (unpaired) electrons. The lowest BCUT2D eigenvalue weighted by Gasteiger charge is -1.96. The maximum atomic E-state index is 4.95. The fourth-order valence-corrected chi connectivity index (χ4v) is 3.74. The van der Waals surface area contributed by atoms with Crippen LogP contribution in [-0.2, 0) is 0 Å². The summed E-state index contributed by atoms with van der Waals surface area (Å²) in [7, 11) is 0. The summed E-state index contributed by atoms with van der Waals surface area (Å²) in [5.41, 5.74) is 0. The number of hydrogen-bond donors (Lipinski definition) is 1. The monoisotopic (exact) mass is 182 g/mol. The van der Waals surface area contributed by atoms with E-state index in [1.807, 2.05) is 0 Å². The predicted octanol–water partition coefficient (Wildman–Crippen LogP) is 2.05. The number of thiocarbonyl (C=S) groups is 1. The summed E-state index contributed by atoms with van der Waals surface area (Å²) in [5.74, 6) is 2.12.